The highest BCUT2D eigenvalue weighted by Crippen LogP contribution is 2.32. The third-order valence-electron chi connectivity index (χ3n) is 2.64. The van der Waals surface area contributed by atoms with Gasteiger partial charge in [-0.15, -0.1) is 0 Å². The molecule has 1 aliphatic carbocycles. The van der Waals surface area contributed by atoms with E-state index in [1.165, 1.54) is 6.92 Å². The number of ketones is 1. The molecule has 0 N–H and O–H groups in total. The molecule has 0 spiro atoms. The summed E-state index contributed by atoms with van der Waals surface area (Å²) in [6.45, 7) is 2.98. The monoisotopic (exact) mass is 204 g/mol. The molecule has 2 rings (SSSR count). The predicted molar refractivity (Wildman–Crippen MR) is 54.6 cm³/mol. The maximum atomic E-state index is 12.0. The van der Waals surface area contributed by atoms with Gasteiger partial charge in [-0.2, -0.15) is 0 Å². The first-order chi connectivity index (χ1) is 7.03. The van der Waals surface area contributed by atoms with E-state index in [4.69, 9.17) is 4.74 Å². The van der Waals surface area contributed by atoms with E-state index in [9.17, 15) is 9.59 Å². The molecular formula is C12H12O3. The van der Waals surface area contributed by atoms with Crippen molar-refractivity contribution >= 4 is 11.8 Å². The van der Waals surface area contributed by atoms with Crippen molar-refractivity contribution in [3.63, 3.8) is 0 Å². The van der Waals surface area contributed by atoms with Gasteiger partial charge >= 0.3 is 5.97 Å². The molecule has 0 fully saturated rings. The molecule has 0 heterocycles. The molecule has 0 saturated heterocycles. The molecule has 0 aromatic heterocycles. The highest BCUT2D eigenvalue weighted by atomic mass is 16.6. The molecule has 0 bridgehead atoms. The average Bonchev–Trinajstić information content (AvgIpc) is 2.39. The Morgan fingerprint density at radius 2 is 2.07 bits per heavy atom. The standard InChI is InChI=1S/C12H12O3/c1-8(13)15-12(2)7-9-5-3-4-6-10(9)11(12)14/h3-6H,7H2,1-2H3/t12-/m0/s1. The van der Waals surface area contributed by atoms with Gasteiger partial charge < -0.3 is 4.74 Å². The van der Waals surface area contributed by atoms with Gasteiger partial charge in [-0.1, -0.05) is 24.3 Å². The number of benzene rings is 1. The highest BCUT2D eigenvalue weighted by Gasteiger charge is 2.44. The van der Waals surface area contributed by atoms with Crippen molar-refractivity contribution in [2.45, 2.75) is 25.9 Å². The number of carbonyl (C=O) groups is 2. The summed E-state index contributed by atoms with van der Waals surface area (Å²) in [6.07, 6.45) is 0.474. The Kier molecular flexibility index (Phi) is 2.11. The van der Waals surface area contributed by atoms with Gasteiger partial charge in [-0.3, -0.25) is 9.59 Å². The van der Waals surface area contributed by atoms with Crippen molar-refractivity contribution in [1.82, 2.24) is 0 Å². The molecule has 15 heavy (non-hydrogen) atoms. The molecule has 78 valence electrons. The molecule has 0 amide bonds. The van der Waals surface area contributed by atoms with Gasteiger partial charge in [0, 0.05) is 18.9 Å². The van der Waals surface area contributed by atoms with E-state index in [1.807, 2.05) is 18.2 Å². The van der Waals surface area contributed by atoms with Gasteiger partial charge in [0.15, 0.2) is 5.60 Å². The fraction of sp³-hybridized carbons (Fsp3) is 0.333. The van der Waals surface area contributed by atoms with Crippen LogP contribution in [0.3, 0.4) is 0 Å². The second-order valence-corrected chi connectivity index (χ2v) is 3.99. The molecule has 3 heteroatoms. The van der Waals surface area contributed by atoms with E-state index < -0.39 is 11.6 Å². The normalized spacial score (nSPS) is 23.7. The zero-order valence-electron chi connectivity index (χ0n) is 8.74. The van der Waals surface area contributed by atoms with Crippen LogP contribution in [-0.4, -0.2) is 17.4 Å². The van der Waals surface area contributed by atoms with E-state index >= 15 is 0 Å². The maximum Gasteiger partial charge on any atom is 0.303 e. The average molecular weight is 204 g/mol. The molecule has 3 nitrogen and oxygen atoms in total. The fourth-order valence-electron chi connectivity index (χ4n) is 2.02. The smallest absolute Gasteiger partial charge is 0.303 e. The second-order valence-electron chi connectivity index (χ2n) is 3.99. The SMILES string of the molecule is CC(=O)O[C@@]1(C)Cc2ccccc2C1=O. The largest absolute Gasteiger partial charge is 0.451 e. The van der Waals surface area contributed by atoms with Gasteiger partial charge in [0.1, 0.15) is 0 Å². The Balaban J connectivity index is 2.38. The first-order valence-electron chi connectivity index (χ1n) is 4.85. The Labute approximate surface area is 88.1 Å². The van der Waals surface area contributed by atoms with Crippen molar-refractivity contribution in [3.8, 4) is 0 Å². The number of fused-ring (bicyclic) bond motifs is 1. The van der Waals surface area contributed by atoms with Crippen LogP contribution in [0.25, 0.3) is 0 Å². The number of rotatable bonds is 1. The minimum Gasteiger partial charge on any atom is -0.451 e. The summed E-state index contributed by atoms with van der Waals surface area (Å²) in [5.74, 6) is -0.521. The number of hydrogen-bond donors (Lipinski definition) is 0. The van der Waals surface area contributed by atoms with Crippen LogP contribution < -0.4 is 0 Å². The summed E-state index contributed by atoms with van der Waals surface area (Å²) in [5.41, 5.74) is 0.614. The Hall–Kier alpha value is -1.64. The Bertz CT molecular complexity index is 436. The van der Waals surface area contributed by atoms with Crippen molar-refractivity contribution in [3.05, 3.63) is 35.4 Å². The molecule has 1 atom stereocenters. The second kappa shape index (κ2) is 3.19. The van der Waals surface area contributed by atoms with Crippen molar-refractivity contribution in [2.75, 3.05) is 0 Å². The lowest BCUT2D eigenvalue weighted by Crippen LogP contribution is -2.37. The molecular weight excluding hydrogens is 192 g/mol. The van der Waals surface area contributed by atoms with E-state index in [1.54, 1.807) is 13.0 Å². The lowest BCUT2D eigenvalue weighted by molar-refractivity contribution is -0.150. The van der Waals surface area contributed by atoms with E-state index in [-0.39, 0.29) is 5.78 Å². The third kappa shape index (κ3) is 1.54. The van der Waals surface area contributed by atoms with E-state index in [0.717, 1.165) is 5.56 Å². The first kappa shape index (κ1) is 9.90. The van der Waals surface area contributed by atoms with Crippen LogP contribution in [0.4, 0.5) is 0 Å². The summed E-state index contributed by atoms with van der Waals surface area (Å²) >= 11 is 0. The lowest BCUT2D eigenvalue weighted by Gasteiger charge is -2.21. The number of carbonyl (C=O) groups excluding carboxylic acids is 2. The van der Waals surface area contributed by atoms with E-state index in [0.29, 0.717) is 12.0 Å². The van der Waals surface area contributed by atoms with Crippen LogP contribution in [-0.2, 0) is 16.0 Å². The maximum absolute atomic E-state index is 12.0. The number of hydrogen-bond acceptors (Lipinski definition) is 3. The molecule has 0 unspecified atom stereocenters. The molecule has 0 aliphatic heterocycles. The van der Waals surface area contributed by atoms with Crippen LogP contribution in [0.2, 0.25) is 0 Å². The van der Waals surface area contributed by atoms with Gasteiger partial charge in [-0.05, 0) is 12.5 Å². The number of Topliss-reactive ketones (excluding diaryl/α,β-unsaturated/α-hetero) is 1. The summed E-state index contributed by atoms with van der Waals surface area (Å²) < 4.78 is 5.10. The minimum atomic E-state index is -1.00. The summed E-state index contributed by atoms with van der Waals surface area (Å²) in [7, 11) is 0. The lowest BCUT2D eigenvalue weighted by atomic mass is 10.0. The molecule has 1 aliphatic rings. The van der Waals surface area contributed by atoms with Crippen molar-refractivity contribution in [2.24, 2.45) is 0 Å². The van der Waals surface area contributed by atoms with Crippen LogP contribution in [0, 0.1) is 0 Å². The van der Waals surface area contributed by atoms with Gasteiger partial charge in [0.05, 0.1) is 0 Å². The van der Waals surface area contributed by atoms with E-state index in [2.05, 4.69) is 0 Å². The zero-order chi connectivity index (χ0) is 11.1. The number of ether oxygens (including phenoxy) is 1. The van der Waals surface area contributed by atoms with Gasteiger partial charge in [0.25, 0.3) is 0 Å². The summed E-state index contributed by atoms with van der Waals surface area (Å²) in [4.78, 5) is 22.9. The van der Waals surface area contributed by atoms with Gasteiger partial charge in [0.2, 0.25) is 5.78 Å². The summed E-state index contributed by atoms with van der Waals surface area (Å²) in [6, 6.07) is 7.36. The van der Waals surface area contributed by atoms with Gasteiger partial charge in [-0.25, -0.2) is 0 Å². The minimum absolute atomic E-state index is 0.103. The fourth-order valence-corrected chi connectivity index (χ4v) is 2.02. The molecule has 1 aromatic rings. The zero-order valence-corrected chi connectivity index (χ0v) is 8.74. The molecule has 0 saturated carbocycles. The Morgan fingerprint density at radius 3 is 2.67 bits per heavy atom. The van der Waals surface area contributed by atoms with Crippen LogP contribution >= 0.6 is 0 Å². The topological polar surface area (TPSA) is 43.4 Å². The van der Waals surface area contributed by atoms with Crippen LogP contribution in [0.1, 0.15) is 29.8 Å². The van der Waals surface area contributed by atoms with Crippen LogP contribution in [0.5, 0.6) is 0 Å². The summed E-state index contributed by atoms with van der Waals surface area (Å²) in [5, 5.41) is 0. The van der Waals surface area contributed by atoms with Crippen LogP contribution in [0.15, 0.2) is 24.3 Å². The predicted octanol–water partition coefficient (Wildman–Crippen LogP) is 1.75. The quantitative estimate of drug-likeness (QED) is 0.654. The van der Waals surface area contributed by atoms with Crippen molar-refractivity contribution < 1.29 is 14.3 Å². The molecule has 1 aromatic carbocycles. The Morgan fingerprint density at radius 1 is 1.40 bits per heavy atom. The molecule has 0 radical (unpaired) electrons. The number of esters is 1. The third-order valence-corrected chi connectivity index (χ3v) is 2.64. The first-order valence-corrected chi connectivity index (χ1v) is 4.85. The van der Waals surface area contributed by atoms with Crippen molar-refractivity contribution in [1.29, 1.82) is 0 Å². The highest BCUT2D eigenvalue weighted by molar-refractivity contribution is 6.07.